The van der Waals surface area contributed by atoms with Crippen LogP contribution < -0.4 is 16.6 Å². The van der Waals surface area contributed by atoms with Crippen LogP contribution in [0.5, 0.6) is 0 Å². The molecule has 0 atom stereocenters. The second kappa shape index (κ2) is 5.49. The van der Waals surface area contributed by atoms with E-state index in [9.17, 15) is 14.4 Å². The van der Waals surface area contributed by atoms with Crippen molar-refractivity contribution in [3.63, 3.8) is 0 Å². The van der Waals surface area contributed by atoms with E-state index in [1.54, 1.807) is 18.2 Å². The summed E-state index contributed by atoms with van der Waals surface area (Å²) in [7, 11) is 0. The van der Waals surface area contributed by atoms with Crippen molar-refractivity contribution in [2.45, 2.75) is 0 Å². The number of aromatic amines is 1. The Kier molecular flexibility index (Phi) is 3.76. The van der Waals surface area contributed by atoms with Gasteiger partial charge in [-0.1, -0.05) is 35.1 Å². The van der Waals surface area contributed by atoms with Gasteiger partial charge in [0.15, 0.2) is 0 Å². The monoisotopic (exact) mass is 291 g/mol. The second-order valence-electron chi connectivity index (χ2n) is 3.78. The van der Waals surface area contributed by atoms with Crippen molar-refractivity contribution < 1.29 is 10.0 Å². The number of H-pyrrole nitrogens is 1. The third kappa shape index (κ3) is 2.50. The Morgan fingerprint density at radius 3 is 2.75 bits per heavy atom. The molecule has 0 unspecified atom stereocenters. The van der Waals surface area contributed by atoms with Gasteiger partial charge in [0.25, 0.3) is 5.91 Å². The van der Waals surface area contributed by atoms with Gasteiger partial charge in [0.05, 0.1) is 0 Å². The summed E-state index contributed by atoms with van der Waals surface area (Å²) in [5.74, 6) is -0.578. The van der Waals surface area contributed by atoms with Crippen molar-refractivity contribution in [2.75, 3.05) is 5.32 Å². The Balaban J connectivity index is 2.38. The highest BCUT2D eigenvalue weighted by Crippen LogP contribution is 2.08. The van der Waals surface area contributed by atoms with Crippen LogP contribution in [0.25, 0.3) is 0 Å². The van der Waals surface area contributed by atoms with E-state index in [1.807, 2.05) is 0 Å². The lowest BCUT2D eigenvalue weighted by atomic mass is 10.1. The van der Waals surface area contributed by atoms with Crippen LogP contribution in [0.1, 0.15) is 15.9 Å². The van der Waals surface area contributed by atoms with Crippen LogP contribution in [0, 0.1) is 0 Å². The third-order valence-electron chi connectivity index (χ3n) is 2.54. The van der Waals surface area contributed by atoms with Gasteiger partial charge in [-0.3, -0.25) is 9.59 Å². The highest BCUT2D eigenvalue weighted by molar-refractivity contribution is 7.79. The first-order valence-electron chi connectivity index (χ1n) is 5.44. The number of thiocarbonyl (C=S) groups is 1. The molecule has 1 aromatic carbocycles. The number of amides is 1. The number of rotatable bonds is 3. The largest absolute Gasteiger partial charge is 0.421 e. The van der Waals surface area contributed by atoms with Gasteiger partial charge in [0.1, 0.15) is 5.69 Å². The van der Waals surface area contributed by atoms with E-state index >= 15 is 0 Å². The van der Waals surface area contributed by atoms with Gasteiger partial charge >= 0.3 is 11.2 Å². The van der Waals surface area contributed by atoms with E-state index in [0.717, 1.165) is 6.20 Å². The van der Waals surface area contributed by atoms with Crippen LogP contribution in [-0.2, 0) is 0 Å². The fraction of sp³-hybridized carbons (Fsp3) is 0. The summed E-state index contributed by atoms with van der Waals surface area (Å²) < 4.78 is -0.124. The molecule has 0 fully saturated rings. The van der Waals surface area contributed by atoms with E-state index in [-0.39, 0.29) is 16.0 Å². The molecule has 0 spiro atoms. The number of nitrogens with zero attached hydrogens (tertiary/aromatic N) is 1. The second-order valence-corrected chi connectivity index (χ2v) is 4.02. The maximum Gasteiger partial charge on any atom is 0.361 e. The van der Waals surface area contributed by atoms with E-state index in [2.05, 4.69) is 10.3 Å². The van der Waals surface area contributed by atoms with Crippen LogP contribution in [0.4, 0.5) is 5.69 Å². The normalized spacial score (nSPS) is 10.0. The Morgan fingerprint density at radius 1 is 1.35 bits per heavy atom. The van der Waals surface area contributed by atoms with Crippen LogP contribution >= 0.6 is 12.2 Å². The summed E-state index contributed by atoms with van der Waals surface area (Å²) in [5, 5.41) is 12.8. The number of carbonyl (C=O) groups excluding carboxylic acids is 1. The van der Waals surface area contributed by atoms with Gasteiger partial charge in [-0.15, -0.1) is 0 Å². The minimum atomic E-state index is -1.03. The minimum absolute atomic E-state index is 0.124. The molecule has 2 rings (SSSR count). The van der Waals surface area contributed by atoms with Crippen molar-refractivity contribution in [3.8, 4) is 0 Å². The van der Waals surface area contributed by atoms with Gasteiger partial charge in [0.2, 0.25) is 0 Å². The summed E-state index contributed by atoms with van der Waals surface area (Å²) >= 11 is 4.80. The molecule has 0 aliphatic rings. The zero-order chi connectivity index (χ0) is 14.7. The Hall–Kier alpha value is -2.74. The first-order chi connectivity index (χ1) is 9.54. The maximum absolute atomic E-state index is 12.0. The number of hydrogen-bond donors (Lipinski definition) is 3. The number of aromatic nitrogens is 2. The molecule has 1 amide bonds. The molecule has 0 saturated heterocycles. The highest BCUT2D eigenvalue weighted by atomic mass is 32.1. The van der Waals surface area contributed by atoms with Crippen molar-refractivity contribution in [1.29, 1.82) is 0 Å². The predicted octanol–water partition coefficient (Wildman–Crippen LogP) is 0.374. The summed E-state index contributed by atoms with van der Waals surface area (Å²) in [6.07, 6.45) is 1.01. The fourth-order valence-corrected chi connectivity index (χ4v) is 1.75. The molecule has 3 N–H and O–H groups in total. The molecule has 20 heavy (non-hydrogen) atoms. The molecular formula is C12H9N3O4S. The summed E-state index contributed by atoms with van der Waals surface area (Å²) in [6.45, 7) is 0. The maximum atomic E-state index is 12.0. The number of carbonyl (C=O) groups is 1. The average Bonchev–Trinajstić information content (AvgIpc) is 2.47. The van der Waals surface area contributed by atoms with Crippen molar-refractivity contribution in [2.24, 2.45) is 0 Å². The smallest absolute Gasteiger partial charge is 0.361 e. The zero-order valence-corrected chi connectivity index (χ0v) is 10.8. The Morgan fingerprint density at radius 2 is 2.05 bits per heavy atom. The minimum Gasteiger partial charge on any atom is -0.421 e. The third-order valence-corrected chi connectivity index (χ3v) is 2.79. The van der Waals surface area contributed by atoms with Gasteiger partial charge in [-0.2, -0.15) is 0 Å². The lowest BCUT2D eigenvalue weighted by Gasteiger charge is -2.07. The van der Waals surface area contributed by atoms with Crippen LogP contribution in [0.15, 0.2) is 40.1 Å². The first kappa shape index (κ1) is 13.7. The van der Waals surface area contributed by atoms with E-state index in [1.165, 1.54) is 11.4 Å². The quantitative estimate of drug-likeness (QED) is 0.560. The molecular weight excluding hydrogens is 282 g/mol. The molecule has 0 aliphatic heterocycles. The van der Waals surface area contributed by atoms with Crippen molar-refractivity contribution >= 4 is 29.2 Å². The molecule has 0 bridgehead atoms. The van der Waals surface area contributed by atoms with E-state index in [4.69, 9.17) is 17.4 Å². The fourth-order valence-electron chi connectivity index (χ4n) is 1.55. The molecule has 1 heterocycles. The Bertz CT molecular complexity index is 794. The van der Waals surface area contributed by atoms with Gasteiger partial charge in [-0.25, -0.2) is 4.79 Å². The number of hydrogen-bond acceptors (Lipinski definition) is 5. The molecule has 0 aliphatic carbocycles. The van der Waals surface area contributed by atoms with Crippen molar-refractivity contribution in [1.82, 2.24) is 9.71 Å². The molecule has 1 aromatic heterocycles. The van der Waals surface area contributed by atoms with Gasteiger partial charge in [0, 0.05) is 17.1 Å². The topological polar surface area (TPSA) is 104 Å². The number of benzene rings is 1. The molecule has 0 saturated carbocycles. The van der Waals surface area contributed by atoms with Crippen LogP contribution in [0.2, 0.25) is 0 Å². The van der Waals surface area contributed by atoms with E-state index < -0.39 is 17.2 Å². The predicted molar refractivity (Wildman–Crippen MR) is 75.7 cm³/mol. The van der Waals surface area contributed by atoms with Crippen molar-refractivity contribution in [3.05, 3.63) is 62.4 Å². The molecule has 2 aromatic rings. The van der Waals surface area contributed by atoms with Crippen LogP contribution in [0.3, 0.4) is 0 Å². The lowest BCUT2D eigenvalue weighted by Crippen LogP contribution is -2.35. The summed E-state index contributed by atoms with van der Waals surface area (Å²) in [5.41, 5.74) is -1.48. The van der Waals surface area contributed by atoms with E-state index in [0.29, 0.717) is 5.56 Å². The summed E-state index contributed by atoms with van der Waals surface area (Å²) in [6, 6.07) is 6.56. The summed E-state index contributed by atoms with van der Waals surface area (Å²) in [4.78, 5) is 36.7. The number of nitrogens with one attached hydrogen (secondary N) is 2. The standard InChI is InChI=1S/C12H9N3O4S/c16-10(8-4-2-1-3-7(8)6-20)14-9-5-13-12(18)15(19)11(9)17/h1-6,19H,(H,13,18)(H,14,16). The van der Waals surface area contributed by atoms with Crippen LogP contribution in [-0.4, -0.2) is 26.2 Å². The zero-order valence-electron chi connectivity index (χ0n) is 9.99. The SMILES string of the molecule is O=C(Nc1c[nH]c(=O)n(O)c1=O)c1ccccc1C=S. The Labute approximate surface area is 117 Å². The van der Waals surface area contributed by atoms with Gasteiger partial charge < -0.3 is 15.5 Å². The lowest BCUT2D eigenvalue weighted by molar-refractivity contribution is 0.102. The van der Waals surface area contributed by atoms with Gasteiger partial charge in [-0.05, 0) is 11.6 Å². The average molecular weight is 291 g/mol. The highest BCUT2D eigenvalue weighted by Gasteiger charge is 2.13. The first-order valence-corrected chi connectivity index (χ1v) is 5.91. The molecule has 0 radical (unpaired) electrons. The molecule has 102 valence electrons. The molecule has 8 heteroatoms. The number of anilines is 1. The molecule has 7 nitrogen and oxygen atoms in total.